The summed E-state index contributed by atoms with van der Waals surface area (Å²) in [5, 5.41) is 1.05. The van der Waals surface area contributed by atoms with Gasteiger partial charge in [-0.3, -0.25) is 4.90 Å². The van der Waals surface area contributed by atoms with Gasteiger partial charge in [0, 0.05) is 31.1 Å². The summed E-state index contributed by atoms with van der Waals surface area (Å²) >= 11 is 0. The number of benzene rings is 1. The first-order valence-corrected chi connectivity index (χ1v) is 7.84. The molecule has 0 unspecified atom stereocenters. The molecule has 0 N–H and O–H groups in total. The molecule has 0 amide bonds. The van der Waals surface area contributed by atoms with E-state index in [1.165, 1.54) is 5.56 Å². The number of hydrogen-bond donors (Lipinski definition) is 0. The van der Waals surface area contributed by atoms with Gasteiger partial charge in [-0.15, -0.1) is 0 Å². The molecule has 1 aromatic carbocycles. The standard InChI is InChI=1S/C18H23NO3/c1-11-5-12(2)18-16(6-11)15(7-17(20)22-18)10-19-8-13(3)21-14(4)9-19/h5-7,13-14H,8-10H2,1-4H3/t13-,14-/m1/s1. The monoisotopic (exact) mass is 301 g/mol. The van der Waals surface area contributed by atoms with Crippen molar-refractivity contribution < 1.29 is 9.15 Å². The second kappa shape index (κ2) is 5.86. The number of nitrogens with zero attached hydrogens (tertiary/aromatic N) is 1. The quantitative estimate of drug-likeness (QED) is 0.800. The van der Waals surface area contributed by atoms with E-state index in [-0.39, 0.29) is 17.8 Å². The second-order valence-electron chi connectivity index (χ2n) is 6.50. The van der Waals surface area contributed by atoms with Crippen LogP contribution >= 0.6 is 0 Å². The Labute approximate surface area is 130 Å². The van der Waals surface area contributed by atoms with E-state index >= 15 is 0 Å². The predicted octanol–water partition coefficient (Wildman–Crippen LogP) is 3.02. The van der Waals surface area contributed by atoms with Gasteiger partial charge in [0.1, 0.15) is 5.58 Å². The van der Waals surface area contributed by atoms with Crippen LogP contribution in [-0.2, 0) is 11.3 Å². The molecule has 0 bridgehead atoms. The molecule has 22 heavy (non-hydrogen) atoms. The number of ether oxygens (including phenoxy) is 1. The fraction of sp³-hybridized carbons (Fsp3) is 0.500. The molecular weight excluding hydrogens is 278 g/mol. The van der Waals surface area contributed by atoms with E-state index in [1.54, 1.807) is 6.07 Å². The highest BCUT2D eigenvalue weighted by molar-refractivity contribution is 5.83. The summed E-state index contributed by atoms with van der Waals surface area (Å²) in [5.74, 6) is 0. The number of aryl methyl sites for hydroxylation is 2. The van der Waals surface area contributed by atoms with Crippen LogP contribution < -0.4 is 5.63 Å². The molecule has 0 aliphatic carbocycles. The maximum atomic E-state index is 11.9. The largest absolute Gasteiger partial charge is 0.422 e. The SMILES string of the molecule is Cc1cc(C)c2oc(=O)cc(CN3C[C@@H](C)O[C@H](C)C3)c2c1. The van der Waals surface area contributed by atoms with Gasteiger partial charge in [-0.25, -0.2) is 4.79 Å². The zero-order valence-electron chi connectivity index (χ0n) is 13.7. The van der Waals surface area contributed by atoms with Crippen LogP contribution in [0.4, 0.5) is 0 Å². The molecule has 2 atom stereocenters. The van der Waals surface area contributed by atoms with Crippen LogP contribution in [0.2, 0.25) is 0 Å². The number of rotatable bonds is 2. The van der Waals surface area contributed by atoms with E-state index < -0.39 is 0 Å². The zero-order chi connectivity index (χ0) is 15.9. The van der Waals surface area contributed by atoms with Gasteiger partial charge in [0.2, 0.25) is 0 Å². The lowest BCUT2D eigenvalue weighted by atomic mass is 10.0. The first-order chi connectivity index (χ1) is 10.4. The molecule has 0 radical (unpaired) electrons. The Kier molecular flexibility index (Phi) is 4.06. The Morgan fingerprint density at radius 3 is 2.50 bits per heavy atom. The first-order valence-electron chi connectivity index (χ1n) is 7.84. The number of morpholine rings is 1. The van der Waals surface area contributed by atoms with Crippen molar-refractivity contribution in [3.05, 3.63) is 45.3 Å². The molecule has 1 aromatic heterocycles. The average molecular weight is 301 g/mol. The van der Waals surface area contributed by atoms with Gasteiger partial charge in [0.25, 0.3) is 0 Å². The molecule has 1 fully saturated rings. The molecule has 0 saturated carbocycles. The molecular formula is C18H23NO3. The molecule has 0 spiro atoms. The highest BCUT2D eigenvalue weighted by Crippen LogP contribution is 2.24. The maximum absolute atomic E-state index is 11.9. The Balaban J connectivity index is 2.01. The van der Waals surface area contributed by atoms with Gasteiger partial charge in [-0.2, -0.15) is 0 Å². The van der Waals surface area contributed by atoms with Crippen LogP contribution in [0.3, 0.4) is 0 Å². The second-order valence-corrected chi connectivity index (χ2v) is 6.50. The third-order valence-electron chi connectivity index (χ3n) is 4.15. The summed E-state index contributed by atoms with van der Waals surface area (Å²) in [5.41, 5.74) is 3.67. The van der Waals surface area contributed by atoms with Crippen molar-refractivity contribution in [3.63, 3.8) is 0 Å². The van der Waals surface area contributed by atoms with E-state index in [9.17, 15) is 4.79 Å². The summed E-state index contributed by atoms with van der Waals surface area (Å²) in [6.45, 7) is 10.8. The maximum Gasteiger partial charge on any atom is 0.336 e. The Bertz CT molecular complexity index is 740. The van der Waals surface area contributed by atoms with E-state index in [4.69, 9.17) is 9.15 Å². The molecule has 1 saturated heterocycles. The smallest absolute Gasteiger partial charge is 0.336 e. The van der Waals surface area contributed by atoms with Gasteiger partial charge >= 0.3 is 5.63 Å². The highest BCUT2D eigenvalue weighted by Gasteiger charge is 2.23. The Hall–Kier alpha value is -1.65. The van der Waals surface area contributed by atoms with Crippen molar-refractivity contribution in [2.75, 3.05) is 13.1 Å². The van der Waals surface area contributed by atoms with Crippen LogP contribution in [0.5, 0.6) is 0 Å². The minimum atomic E-state index is -0.274. The van der Waals surface area contributed by atoms with Crippen LogP contribution in [0, 0.1) is 13.8 Å². The van der Waals surface area contributed by atoms with Crippen molar-refractivity contribution in [1.29, 1.82) is 0 Å². The normalized spacial score (nSPS) is 23.1. The fourth-order valence-electron chi connectivity index (χ4n) is 3.46. The lowest BCUT2D eigenvalue weighted by Crippen LogP contribution is -2.44. The van der Waals surface area contributed by atoms with E-state index in [1.807, 2.05) is 13.0 Å². The minimum absolute atomic E-state index is 0.221. The molecule has 4 heteroatoms. The van der Waals surface area contributed by atoms with E-state index in [0.29, 0.717) is 5.58 Å². The molecule has 1 aliphatic heterocycles. The van der Waals surface area contributed by atoms with Crippen LogP contribution in [0.25, 0.3) is 11.0 Å². The molecule has 1 aliphatic rings. The van der Waals surface area contributed by atoms with Crippen molar-refractivity contribution in [2.24, 2.45) is 0 Å². The van der Waals surface area contributed by atoms with E-state index in [0.717, 1.165) is 36.1 Å². The van der Waals surface area contributed by atoms with Crippen LogP contribution in [0.15, 0.2) is 27.4 Å². The molecule has 3 rings (SSSR count). The summed E-state index contributed by atoms with van der Waals surface area (Å²) in [6.07, 6.45) is 0.442. The van der Waals surface area contributed by atoms with Gasteiger partial charge in [-0.1, -0.05) is 6.07 Å². The minimum Gasteiger partial charge on any atom is -0.422 e. The fourth-order valence-corrected chi connectivity index (χ4v) is 3.46. The predicted molar refractivity (Wildman–Crippen MR) is 87.2 cm³/mol. The van der Waals surface area contributed by atoms with Gasteiger partial charge < -0.3 is 9.15 Å². The summed E-state index contributed by atoms with van der Waals surface area (Å²) in [7, 11) is 0. The molecule has 2 aromatic rings. The van der Waals surface area contributed by atoms with Crippen LogP contribution in [-0.4, -0.2) is 30.2 Å². The average Bonchev–Trinajstić information content (AvgIpc) is 2.39. The topological polar surface area (TPSA) is 42.7 Å². The summed E-state index contributed by atoms with van der Waals surface area (Å²) in [4.78, 5) is 14.3. The highest BCUT2D eigenvalue weighted by atomic mass is 16.5. The number of fused-ring (bicyclic) bond motifs is 1. The van der Waals surface area contributed by atoms with Crippen molar-refractivity contribution in [3.8, 4) is 0 Å². The zero-order valence-corrected chi connectivity index (χ0v) is 13.7. The van der Waals surface area contributed by atoms with E-state index in [2.05, 4.69) is 31.7 Å². The lowest BCUT2D eigenvalue weighted by molar-refractivity contribution is -0.0704. The summed E-state index contributed by atoms with van der Waals surface area (Å²) in [6, 6.07) is 5.79. The van der Waals surface area contributed by atoms with Gasteiger partial charge in [0.15, 0.2) is 0 Å². The first kappa shape index (κ1) is 15.3. The Morgan fingerprint density at radius 1 is 1.14 bits per heavy atom. The van der Waals surface area contributed by atoms with Crippen molar-refractivity contribution >= 4 is 11.0 Å². The molecule has 4 nitrogen and oxygen atoms in total. The lowest BCUT2D eigenvalue weighted by Gasteiger charge is -2.35. The third-order valence-corrected chi connectivity index (χ3v) is 4.15. The van der Waals surface area contributed by atoms with Gasteiger partial charge in [0.05, 0.1) is 12.2 Å². The molecule has 118 valence electrons. The van der Waals surface area contributed by atoms with Crippen molar-refractivity contribution in [1.82, 2.24) is 4.90 Å². The molecule has 2 heterocycles. The van der Waals surface area contributed by atoms with Crippen LogP contribution in [0.1, 0.15) is 30.5 Å². The number of hydrogen-bond acceptors (Lipinski definition) is 4. The summed E-state index contributed by atoms with van der Waals surface area (Å²) < 4.78 is 11.2. The Morgan fingerprint density at radius 2 is 1.82 bits per heavy atom. The van der Waals surface area contributed by atoms with Crippen molar-refractivity contribution in [2.45, 2.75) is 46.4 Å². The third kappa shape index (κ3) is 3.08. The van der Waals surface area contributed by atoms with Gasteiger partial charge in [-0.05, 0) is 50.5 Å².